The fourth-order valence-electron chi connectivity index (χ4n) is 8.36. The van der Waals surface area contributed by atoms with Gasteiger partial charge in [0.2, 0.25) is 0 Å². The van der Waals surface area contributed by atoms with Crippen molar-refractivity contribution in [2.45, 2.75) is 75.2 Å². The predicted molar refractivity (Wildman–Crippen MR) is 203 cm³/mol. The number of carbonyl (C=O) groups is 1. The molecule has 0 aliphatic heterocycles. The summed E-state index contributed by atoms with van der Waals surface area (Å²) in [4.78, 5) is 14.0. The predicted octanol–water partition coefficient (Wildman–Crippen LogP) is 8.51. The van der Waals surface area contributed by atoms with Crippen LogP contribution in [0.2, 0.25) is 0 Å². The smallest absolute Gasteiger partial charge is 0.414 e. The summed E-state index contributed by atoms with van der Waals surface area (Å²) in [5.41, 5.74) is 3.78. The van der Waals surface area contributed by atoms with E-state index in [-0.39, 0.29) is 23.5 Å². The highest BCUT2D eigenvalue weighted by Crippen LogP contribution is 2.60. The number of carbonyl (C=O) groups excluding carboxylic acids is 1. The number of anilines is 1. The molecule has 0 N–H and O–H groups in total. The molecule has 0 atom stereocenters. The van der Waals surface area contributed by atoms with Gasteiger partial charge in [0, 0.05) is 12.7 Å². The first kappa shape index (κ1) is 38.0. The van der Waals surface area contributed by atoms with E-state index in [1.165, 1.54) is 49.0 Å². The third-order valence-corrected chi connectivity index (χ3v) is 11.8. The highest BCUT2D eigenvalue weighted by Gasteiger charge is 2.51. The van der Waals surface area contributed by atoms with Gasteiger partial charge >= 0.3 is 6.09 Å². The van der Waals surface area contributed by atoms with E-state index < -0.39 is 21.8 Å². The monoisotopic (exact) mass is 731 g/mol. The average molecular weight is 732 g/mol. The van der Waals surface area contributed by atoms with E-state index in [1.807, 2.05) is 93.6 Å². The highest BCUT2D eigenvalue weighted by atomic mass is 32.2. The van der Waals surface area contributed by atoms with Gasteiger partial charge in [0.05, 0.1) is 37.9 Å². The maximum Gasteiger partial charge on any atom is 0.414 e. The van der Waals surface area contributed by atoms with Crippen molar-refractivity contribution in [3.63, 3.8) is 0 Å². The van der Waals surface area contributed by atoms with Crippen molar-refractivity contribution < 1.29 is 36.3 Å². The Balaban J connectivity index is 0.819. The van der Waals surface area contributed by atoms with Gasteiger partial charge in [-0.1, -0.05) is 48.6 Å². The molecule has 280 valence electrons. The van der Waals surface area contributed by atoms with E-state index in [2.05, 4.69) is 0 Å². The van der Waals surface area contributed by atoms with Crippen LogP contribution in [0.4, 0.5) is 10.5 Å². The number of rotatable bonds is 16. The van der Waals surface area contributed by atoms with Gasteiger partial charge in [-0.3, -0.25) is 9.08 Å². The van der Waals surface area contributed by atoms with Crippen LogP contribution in [0.1, 0.15) is 76.0 Å². The molecule has 0 aromatic heterocycles. The largest absolute Gasteiger partial charge is 0.491 e. The van der Waals surface area contributed by atoms with Gasteiger partial charge in [0.1, 0.15) is 18.0 Å². The van der Waals surface area contributed by atoms with Crippen molar-refractivity contribution in [1.82, 2.24) is 0 Å². The van der Waals surface area contributed by atoms with Crippen LogP contribution < -0.4 is 9.64 Å². The second-order valence-corrected chi connectivity index (χ2v) is 17.2. The maximum absolute atomic E-state index is 12.8. The van der Waals surface area contributed by atoms with Crippen molar-refractivity contribution in [2.24, 2.45) is 17.8 Å². The minimum absolute atomic E-state index is 0.0485. The molecule has 0 unspecified atom stereocenters. The molecule has 52 heavy (non-hydrogen) atoms. The van der Waals surface area contributed by atoms with E-state index in [4.69, 9.17) is 23.1 Å². The molecule has 0 radical (unpaired) electrons. The molecule has 1 amide bonds. The molecule has 3 aromatic carbocycles. The molecule has 9 nitrogen and oxygen atoms in total. The Labute approximate surface area is 309 Å². The molecule has 0 spiro atoms. The molecular weight excluding hydrogens is 679 g/mol. The molecule has 0 heterocycles. The first-order valence-corrected chi connectivity index (χ1v) is 19.9. The summed E-state index contributed by atoms with van der Waals surface area (Å²) in [6.45, 7) is 7.12. The van der Waals surface area contributed by atoms with E-state index >= 15 is 0 Å². The Hall–Kier alpha value is -3.70. The van der Waals surface area contributed by atoms with E-state index in [9.17, 15) is 13.2 Å². The van der Waals surface area contributed by atoms with E-state index in [1.54, 1.807) is 19.2 Å². The summed E-state index contributed by atoms with van der Waals surface area (Å²) < 4.78 is 53.1. The van der Waals surface area contributed by atoms with Gasteiger partial charge in [-0.15, -0.1) is 0 Å². The zero-order valence-corrected chi connectivity index (χ0v) is 31.7. The third-order valence-electron chi connectivity index (χ3n) is 10.4. The lowest BCUT2D eigenvalue weighted by atomic mass is 9.48. The molecule has 3 aromatic rings. The second kappa shape index (κ2) is 16.5. The van der Waals surface area contributed by atoms with E-state index in [0.29, 0.717) is 26.4 Å². The normalized spacial score (nSPS) is 22.5. The molecule has 0 saturated heterocycles. The van der Waals surface area contributed by atoms with Crippen molar-refractivity contribution >= 4 is 34.1 Å². The quantitative estimate of drug-likeness (QED) is 0.0822. The van der Waals surface area contributed by atoms with Crippen LogP contribution >= 0.6 is 0 Å². The van der Waals surface area contributed by atoms with Gasteiger partial charge in [-0.25, -0.2) is 4.79 Å². The second-order valence-electron chi connectivity index (χ2n) is 15.6. The first-order chi connectivity index (χ1) is 24.9. The summed E-state index contributed by atoms with van der Waals surface area (Å²) in [5, 5.41) is 0. The fourth-order valence-corrected chi connectivity index (χ4v) is 9.26. The first-order valence-electron chi connectivity index (χ1n) is 18.5. The van der Waals surface area contributed by atoms with Gasteiger partial charge < -0.3 is 18.9 Å². The van der Waals surface area contributed by atoms with Crippen LogP contribution in [0.3, 0.4) is 0 Å². The minimum atomic E-state index is -3.84. The van der Waals surface area contributed by atoms with Crippen LogP contribution in [0, 0.1) is 17.8 Å². The Morgan fingerprint density at radius 2 is 1.23 bits per heavy atom. The van der Waals surface area contributed by atoms with Crippen LogP contribution in [0.5, 0.6) is 5.75 Å². The van der Waals surface area contributed by atoms with E-state index in [0.717, 1.165) is 40.3 Å². The molecule has 4 aliphatic carbocycles. The average Bonchev–Trinajstić information content (AvgIpc) is 3.11. The molecule has 4 saturated carbocycles. The summed E-state index contributed by atoms with van der Waals surface area (Å²) in [5.74, 6) is 3.27. The van der Waals surface area contributed by atoms with Gasteiger partial charge in [0.15, 0.2) is 0 Å². The number of ether oxygens (including phenoxy) is 4. The topological polar surface area (TPSA) is 101 Å². The standard InChI is InChI=1S/C42H53NO8S/c1-41(2,3)51-40(44)43(4)37-13-7-31(8-14-37)5-6-32-9-15-38(16-10-32)49-23-21-47-19-20-48-22-24-50-52(45,46)39-17-11-36(12-18-39)42-28-33-25-34(29-42)27-35(26-33)30-42/h5-18,33-35H,19-30H2,1-4H3/b6-5+. The van der Waals surface area contributed by atoms with Crippen molar-refractivity contribution in [3.05, 3.63) is 89.5 Å². The van der Waals surface area contributed by atoms with Crippen LogP contribution in [-0.2, 0) is 33.9 Å². The fraction of sp³-hybridized carbons (Fsp3) is 0.500. The molecule has 7 rings (SSSR count). The Kier molecular flexibility index (Phi) is 12.1. The Bertz CT molecular complexity index is 1730. The van der Waals surface area contributed by atoms with Crippen LogP contribution in [0.25, 0.3) is 12.2 Å². The zero-order valence-electron chi connectivity index (χ0n) is 30.9. The number of benzene rings is 3. The summed E-state index contributed by atoms with van der Waals surface area (Å²) >= 11 is 0. The SMILES string of the molecule is CN(C(=O)OC(C)(C)C)c1ccc(/C=C/c2ccc(OCCOCCOCCOS(=O)(=O)c3ccc(C45CC6CC(CC(C6)C4)C5)cc3)cc2)cc1. The number of amides is 1. The zero-order chi connectivity index (χ0) is 36.8. The molecule has 10 heteroatoms. The molecule has 4 bridgehead atoms. The highest BCUT2D eigenvalue weighted by molar-refractivity contribution is 7.86. The lowest BCUT2D eigenvalue weighted by molar-refractivity contribution is -0.00521. The van der Waals surface area contributed by atoms with Crippen LogP contribution in [0.15, 0.2) is 77.7 Å². The molecule has 4 aliphatic rings. The van der Waals surface area contributed by atoms with Gasteiger partial charge in [0.25, 0.3) is 10.1 Å². The summed E-state index contributed by atoms with van der Waals surface area (Å²) in [6.07, 6.45) is 11.5. The number of hydrogen-bond acceptors (Lipinski definition) is 8. The Morgan fingerprint density at radius 3 is 1.77 bits per heavy atom. The lowest BCUT2D eigenvalue weighted by Crippen LogP contribution is -2.48. The van der Waals surface area contributed by atoms with Gasteiger partial charge in [-0.05, 0) is 136 Å². The van der Waals surface area contributed by atoms with Gasteiger partial charge in [-0.2, -0.15) is 8.42 Å². The van der Waals surface area contributed by atoms with Crippen molar-refractivity contribution in [1.29, 1.82) is 0 Å². The Morgan fingerprint density at radius 1 is 0.731 bits per heavy atom. The van der Waals surface area contributed by atoms with Crippen molar-refractivity contribution in [2.75, 3.05) is 51.6 Å². The molecule has 4 fully saturated rings. The summed E-state index contributed by atoms with van der Waals surface area (Å²) in [6, 6.07) is 22.9. The number of hydrogen-bond donors (Lipinski definition) is 0. The molecular formula is C42H53NO8S. The van der Waals surface area contributed by atoms with Crippen molar-refractivity contribution in [3.8, 4) is 5.75 Å². The third kappa shape index (κ3) is 10.0. The minimum Gasteiger partial charge on any atom is -0.491 e. The van der Waals surface area contributed by atoms with Crippen LogP contribution in [-0.4, -0.2) is 66.8 Å². The maximum atomic E-state index is 12.8. The summed E-state index contributed by atoms with van der Waals surface area (Å²) in [7, 11) is -2.15. The lowest BCUT2D eigenvalue weighted by Gasteiger charge is -2.57. The number of nitrogens with zero attached hydrogens (tertiary/aromatic N) is 1.